The molecule has 0 radical (unpaired) electrons. The van der Waals surface area contributed by atoms with Crippen molar-refractivity contribution in [3.8, 4) is 0 Å². The lowest BCUT2D eigenvalue weighted by molar-refractivity contribution is -0.117. The van der Waals surface area contributed by atoms with Gasteiger partial charge in [0.2, 0.25) is 15.9 Å². The van der Waals surface area contributed by atoms with Gasteiger partial charge in [-0.2, -0.15) is 0 Å². The second-order valence-electron chi connectivity index (χ2n) is 6.05. The molecule has 0 spiro atoms. The number of nitrogens with one attached hydrogen (secondary N) is 3. The fourth-order valence-corrected chi connectivity index (χ4v) is 3.44. The van der Waals surface area contributed by atoms with Gasteiger partial charge in [-0.3, -0.25) is 14.3 Å². The molecule has 0 fully saturated rings. The molecule has 3 N–H and O–H groups in total. The molecule has 0 aliphatic heterocycles. The van der Waals surface area contributed by atoms with Crippen molar-refractivity contribution in [1.29, 1.82) is 0 Å². The number of rotatable bonds is 8. The molecular weight excluding hydrogens is 366 g/mol. The highest BCUT2D eigenvalue weighted by Crippen LogP contribution is 2.15. The van der Waals surface area contributed by atoms with Gasteiger partial charge in [0.15, 0.2) is 0 Å². The van der Waals surface area contributed by atoms with Gasteiger partial charge in [-0.05, 0) is 49.7 Å². The van der Waals surface area contributed by atoms with Crippen LogP contribution in [-0.4, -0.2) is 32.0 Å². The zero-order valence-electron chi connectivity index (χ0n) is 15.2. The first-order valence-corrected chi connectivity index (χ1v) is 10.2. The van der Waals surface area contributed by atoms with Crippen LogP contribution < -0.4 is 15.4 Å². The van der Waals surface area contributed by atoms with Crippen LogP contribution in [-0.2, 0) is 14.8 Å². The Morgan fingerprint density at radius 3 is 2.15 bits per heavy atom. The Labute approximate surface area is 159 Å². The molecule has 2 aromatic rings. The number of benzene rings is 2. The summed E-state index contributed by atoms with van der Waals surface area (Å²) in [5, 5.41) is 5.31. The average molecular weight is 389 g/mol. The fourth-order valence-electron chi connectivity index (χ4n) is 2.31. The average Bonchev–Trinajstić information content (AvgIpc) is 2.63. The summed E-state index contributed by atoms with van der Waals surface area (Å²) >= 11 is 0. The van der Waals surface area contributed by atoms with Crippen molar-refractivity contribution in [1.82, 2.24) is 5.32 Å². The van der Waals surface area contributed by atoms with Crippen LogP contribution in [0.4, 0.5) is 11.4 Å². The van der Waals surface area contributed by atoms with Gasteiger partial charge in [-0.1, -0.05) is 25.1 Å². The van der Waals surface area contributed by atoms with Crippen molar-refractivity contribution >= 4 is 33.2 Å². The summed E-state index contributed by atoms with van der Waals surface area (Å²) in [6.45, 7) is 3.37. The third-order valence-corrected chi connectivity index (χ3v) is 5.17. The van der Waals surface area contributed by atoms with E-state index in [2.05, 4.69) is 15.4 Å². The van der Waals surface area contributed by atoms with Crippen LogP contribution in [0.25, 0.3) is 0 Å². The molecule has 0 heterocycles. The Morgan fingerprint density at radius 2 is 1.56 bits per heavy atom. The van der Waals surface area contributed by atoms with Crippen molar-refractivity contribution in [2.45, 2.75) is 26.3 Å². The molecule has 0 aliphatic rings. The summed E-state index contributed by atoms with van der Waals surface area (Å²) in [7, 11) is -3.36. The first kappa shape index (κ1) is 20.4. The van der Waals surface area contributed by atoms with Crippen LogP contribution >= 0.6 is 0 Å². The predicted molar refractivity (Wildman–Crippen MR) is 106 cm³/mol. The molecule has 0 aromatic heterocycles. The number of amides is 2. The molecule has 0 saturated carbocycles. The van der Waals surface area contributed by atoms with Crippen molar-refractivity contribution in [2.75, 3.05) is 15.8 Å². The molecule has 0 bridgehead atoms. The first-order chi connectivity index (χ1) is 12.8. The maximum atomic E-state index is 12.2. The Bertz CT molecular complexity index is 881. The third kappa shape index (κ3) is 6.41. The summed E-state index contributed by atoms with van der Waals surface area (Å²) in [4.78, 5) is 24.3. The largest absolute Gasteiger partial charge is 0.341 e. The van der Waals surface area contributed by atoms with E-state index in [-0.39, 0.29) is 17.6 Å². The zero-order chi connectivity index (χ0) is 19.9. The van der Waals surface area contributed by atoms with E-state index < -0.39 is 16.1 Å². The van der Waals surface area contributed by atoms with E-state index >= 15 is 0 Å². The highest BCUT2D eigenvalue weighted by molar-refractivity contribution is 7.92. The van der Waals surface area contributed by atoms with E-state index in [1.54, 1.807) is 68.4 Å². The number of carbonyl (C=O) groups excluding carboxylic acids is 2. The summed E-state index contributed by atoms with van der Waals surface area (Å²) in [5.41, 5.74) is 1.40. The van der Waals surface area contributed by atoms with E-state index in [0.29, 0.717) is 23.4 Å². The number of hydrogen-bond acceptors (Lipinski definition) is 4. The zero-order valence-corrected chi connectivity index (χ0v) is 16.0. The predicted octanol–water partition coefficient (Wildman–Crippen LogP) is 2.60. The molecule has 2 rings (SSSR count). The normalized spacial score (nSPS) is 12.1. The Hall–Kier alpha value is -2.87. The van der Waals surface area contributed by atoms with Crippen molar-refractivity contribution < 1.29 is 18.0 Å². The minimum absolute atomic E-state index is 0.0457. The lowest BCUT2D eigenvalue weighted by Crippen LogP contribution is -2.41. The van der Waals surface area contributed by atoms with Gasteiger partial charge in [-0.25, -0.2) is 8.42 Å². The van der Waals surface area contributed by atoms with E-state index in [4.69, 9.17) is 0 Å². The summed E-state index contributed by atoms with van der Waals surface area (Å²) in [5.74, 6) is -0.665. The highest BCUT2D eigenvalue weighted by atomic mass is 32.2. The molecule has 8 heteroatoms. The molecular formula is C19H23N3O4S. The molecule has 1 unspecified atom stereocenters. The van der Waals surface area contributed by atoms with E-state index in [1.807, 2.05) is 0 Å². The summed E-state index contributed by atoms with van der Waals surface area (Å²) < 4.78 is 26.0. The highest BCUT2D eigenvalue weighted by Gasteiger charge is 2.16. The lowest BCUT2D eigenvalue weighted by Gasteiger charge is -2.14. The van der Waals surface area contributed by atoms with Gasteiger partial charge in [0, 0.05) is 16.9 Å². The number of carbonyl (C=O) groups is 2. The van der Waals surface area contributed by atoms with E-state index in [0.717, 1.165) is 0 Å². The molecule has 0 saturated heterocycles. The quantitative estimate of drug-likeness (QED) is 0.645. The third-order valence-electron chi connectivity index (χ3n) is 3.68. The number of anilines is 2. The van der Waals surface area contributed by atoms with Crippen molar-refractivity contribution in [3.05, 3.63) is 60.2 Å². The van der Waals surface area contributed by atoms with Crippen LogP contribution in [0.3, 0.4) is 0 Å². The van der Waals surface area contributed by atoms with Crippen molar-refractivity contribution in [3.63, 3.8) is 0 Å². The molecule has 144 valence electrons. The van der Waals surface area contributed by atoms with Crippen LogP contribution in [0.15, 0.2) is 54.6 Å². The smallest absolute Gasteiger partial charge is 0.251 e. The minimum atomic E-state index is -3.36. The maximum absolute atomic E-state index is 12.2. The SMILES string of the molecule is CCCS(=O)(=O)Nc1ccc(NC(=O)C(C)NC(=O)c2ccccc2)cc1. The summed E-state index contributed by atoms with van der Waals surface area (Å²) in [6.07, 6.45) is 0.524. The second kappa shape index (κ2) is 9.18. The van der Waals surface area contributed by atoms with E-state index in [9.17, 15) is 18.0 Å². The molecule has 7 nitrogen and oxygen atoms in total. The molecule has 2 amide bonds. The Balaban J connectivity index is 1.92. The van der Waals surface area contributed by atoms with Crippen LogP contribution in [0, 0.1) is 0 Å². The maximum Gasteiger partial charge on any atom is 0.251 e. The fraction of sp³-hybridized carbons (Fsp3) is 0.263. The van der Waals surface area contributed by atoms with Crippen LogP contribution in [0.2, 0.25) is 0 Å². The van der Waals surface area contributed by atoms with Crippen LogP contribution in [0.1, 0.15) is 30.6 Å². The van der Waals surface area contributed by atoms with Crippen LogP contribution in [0.5, 0.6) is 0 Å². The topological polar surface area (TPSA) is 104 Å². The molecule has 27 heavy (non-hydrogen) atoms. The lowest BCUT2D eigenvalue weighted by atomic mass is 10.2. The molecule has 1 atom stereocenters. The summed E-state index contributed by atoms with van der Waals surface area (Å²) in [6, 6.07) is 14.2. The monoisotopic (exact) mass is 389 g/mol. The van der Waals surface area contributed by atoms with Crippen molar-refractivity contribution in [2.24, 2.45) is 0 Å². The van der Waals surface area contributed by atoms with Gasteiger partial charge in [0.05, 0.1) is 5.75 Å². The minimum Gasteiger partial charge on any atom is -0.341 e. The Kier molecular flexibility index (Phi) is 6.95. The molecule has 2 aromatic carbocycles. The molecule has 0 aliphatic carbocycles. The number of hydrogen-bond donors (Lipinski definition) is 3. The van der Waals surface area contributed by atoms with Gasteiger partial charge in [0.1, 0.15) is 6.04 Å². The van der Waals surface area contributed by atoms with Gasteiger partial charge < -0.3 is 10.6 Å². The van der Waals surface area contributed by atoms with Gasteiger partial charge in [-0.15, -0.1) is 0 Å². The number of sulfonamides is 1. The Morgan fingerprint density at radius 1 is 0.963 bits per heavy atom. The van der Waals surface area contributed by atoms with Gasteiger partial charge >= 0.3 is 0 Å². The standard InChI is InChI=1S/C19H23N3O4S/c1-3-13-27(25,26)22-17-11-9-16(10-12-17)21-18(23)14(2)20-19(24)15-7-5-4-6-8-15/h4-12,14,22H,3,13H2,1-2H3,(H,20,24)(H,21,23). The first-order valence-electron chi connectivity index (χ1n) is 8.58. The van der Waals surface area contributed by atoms with E-state index in [1.165, 1.54) is 0 Å². The second-order valence-corrected chi connectivity index (χ2v) is 7.89. The van der Waals surface area contributed by atoms with Gasteiger partial charge in [0.25, 0.3) is 5.91 Å².